The highest BCUT2D eigenvalue weighted by atomic mass is 16.6. The number of esters is 1. The van der Waals surface area contributed by atoms with Gasteiger partial charge in [-0.05, 0) is 30.3 Å². The van der Waals surface area contributed by atoms with Crippen LogP contribution in [0.15, 0.2) is 88.1 Å². The van der Waals surface area contributed by atoms with E-state index in [0.29, 0.717) is 11.3 Å². The highest BCUT2D eigenvalue weighted by Crippen LogP contribution is 2.25. The zero-order chi connectivity index (χ0) is 20.4. The van der Waals surface area contributed by atoms with Crippen LogP contribution in [0.2, 0.25) is 0 Å². The predicted molar refractivity (Wildman–Crippen MR) is 106 cm³/mol. The van der Waals surface area contributed by atoms with Gasteiger partial charge in [0, 0.05) is 23.8 Å². The fourth-order valence-corrected chi connectivity index (χ4v) is 2.83. The lowest BCUT2D eigenvalue weighted by atomic mass is 10.1. The van der Waals surface area contributed by atoms with Crippen LogP contribution in [0.5, 0.6) is 5.75 Å². The summed E-state index contributed by atoms with van der Waals surface area (Å²) in [6.07, 6.45) is 0. The second-order valence-corrected chi connectivity index (χ2v) is 6.19. The monoisotopic (exact) mass is 387 g/mol. The van der Waals surface area contributed by atoms with Crippen molar-refractivity contribution in [2.75, 3.05) is 0 Å². The van der Waals surface area contributed by atoms with Gasteiger partial charge in [-0.25, -0.2) is 4.79 Å². The Bertz CT molecular complexity index is 1280. The largest absolute Gasteiger partial charge is 0.456 e. The minimum Gasteiger partial charge on any atom is -0.456 e. The number of carbonyl (C=O) groups is 1. The summed E-state index contributed by atoms with van der Waals surface area (Å²) in [7, 11) is 0. The van der Waals surface area contributed by atoms with Crippen molar-refractivity contribution in [1.82, 2.24) is 0 Å². The number of nitrogens with zero attached hydrogens (tertiary/aromatic N) is 1. The van der Waals surface area contributed by atoms with Gasteiger partial charge in [0.1, 0.15) is 17.1 Å². The van der Waals surface area contributed by atoms with E-state index in [4.69, 9.17) is 9.15 Å². The number of rotatable bonds is 4. The van der Waals surface area contributed by atoms with Gasteiger partial charge in [0.15, 0.2) is 5.43 Å². The zero-order valence-electron chi connectivity index (χ0n) is 14.9. The number of benzene rings is 3. The second-order valence-electron chi connectivity index (χ2n) is 6.19. The molecule has 29 heavy (non-hydrogen) atoms. The average molecular weight is 387 g/mol. The zero-order valence-corrected chi connectivity index (χ0v) is 14.9. The summed E-state index contributed by atoms with van der Waals surface area (Å²) in [5, 5.41) is 11.0. The molecular formula is C22H13NO6. The first-order chi connectivity index (χ1) is 14.0. The van der Waals surface area contributed by atoms with E-state index in [1.165, 1.54) is 42.5 Å². The lowest BCUT2D eigenvalue weighted by molar-refractivity contribution is -0.384. The van der Waals surface area contributed by atoms with E-state index in [9.17, 15) is 19.7 Å². The summed E-state index contributed by atoms with van der Waals surface area (Å²) in [5.41, 5.74) is 0.909. The van der Waals surface area contributed by atoms with Crippen molar-refractivity contribution >= 4 is 22.6 Å². The Labute approximate surface area is 163 Å². The molecular weight excluding hydrogens is 374 g/mol. The van der Waals surface area contributed by atoms with Crippen molar-refractivity contribution in [3.05, 3.63) is 105 Å². The molecule has 0 amide bonds. The SMILES string of the molecule is O=C(Oc1ccc2oc(-c3ccccc3)cc(=O)c2c1)c1ccc([N+](=O)[O-])cc1. The van der Waals surface area contributed by atoms with Crippen LogP contribution < -0.4 is 10.2 Å². The van der Waals surface area contributed by atoms with Gasteiger partial charge in [-0.3, -0.25) is 14.9 Å². The fraction of sp³-hybridized carbons (Fsp3) is 0. The number of carbonyl (C=O) groups excluding carboxylic acids is 1. The van der Waals surface area contributed by atoms with E-state index in [0.717, 1.165) is 5.56 Å². The van der Waals surface area contributed by atoms with Crippen LogP contribution >= 0.6 is 0 Å². The summed E-state index contributed by atoms with van der Waals surface area (Å²) in [6.45, 7) is 0. The molecule has 4 rings (SSSR count). The first-order valence-corrected chi connectivity index (χ1v) is 8.61. The maximum Gasteiger partial charge on any atom is 0.343 e. The number of non-ortho nitro benzene ring substituents is 1. The smallest absolute Gasteiger partial charge is 0.343 e. The molecule has 7 nitrogen and oxygen atoms in total. The van der Waals surface area contributed by atoms with Gasteiger partial charge >= 0.3 is 5.97 Å². The molecule has 142 valence electrons. The Morgan fingerprint density at radius 1 is 0.931 bits per heavy atom. The van der Waals surface area contributed by atoms with Crippen molar-refractivity contribution < 1.29 is 18.9 Å². The predicted octanol–water partition coefficient (Wildman–Crippen LogP) is 4.59. The van der Waals surface area contributed by atoms with Crippen molar-refractivity contribution in [2.45, 2.75) is 0 Å². The van der Waals surface area contributed by atoms with E-state index in [1.54, 1.807) is 6.07 Å². The Morgan fingerprint density at radius 2 is 1.66 bits per heavy atom. The van der Waals surface area contributed by atoms with Gasteiger partial charge in [0.05, 0.1) is 15.9 Å². The summed E-state index contributed by atoms with van der Waals surface area (Å²) >= 11 is 0. The van der Waals surface area contributed by atoms with E-state index in [-0.39, 0.29) is 27.8 Å². The van der Waals surface area contributed by atoms with Gasteiger partial charge in [-0.2, -0.15) is 0 Å². The topological polar surface area (TPSA) is 99.7 Å². The number of fused-ring (bicyclic) bond motifs is 1. The molecule has 0 aliphatic heterocycles. The standard InChI is InChI=1S/C22H13NO6/c24-19-13-21(14-4-2-1-3-5-14)29-20-11-10-17(12-18(19)20)28-22(25)15-6-8-16(9-7-15)23(26)27/h1-13H. The second kappa shape index (κ2) is 7.40. The molecule has 1 aromatic heterocycles. The van der Waals surface area contributed by atoms with E-state index < -0.39 is 10.9 Å². The van der Waals surface area contributed by atoms with Gasteiger partial charge in [-0.15, -0.1) is 0 Å². The van der Waals surface area contributed by atoms with Crippen LogP contribution in [-0.4, -0.2) is 10.9 Å². The third kappa shape index (κ3) is 3.74. The highest BCUT2D eigenvalue weighted by molar-refractivity contribution is 5.92. The van der Waals surface area contributed by atoms with Gasteiger partial charge in [-0.1, -0.05) is 30.3 Å². The van der Waals surface area contributed by atoms with Crippen LogP contribution in [0, 0.1) is 10.1 Å². The van der Waals surface area contributed by atoms with Crippen LogP contribution in [0.25, 0.3) is 22.3 Å². The molecule has 0 saturated heterocycles. The van der Waals surface area contributed by atoms with Gasteiger partial charge in [0.25, 0.3) is 5.69 Å². The summed E-state index contributed by atoms with van der Waals surface area (Å²) in [6, 6.07) is 20.2. The minimum atomic E-state index is -0.690. The average Bonchev–Trinajstić information content (AvgIpc) is 2.74. The molecule has 0 aliphatic rings. The minimum absolute atomic E-state index is 0.126. The molecule has 0 aliphatic carbocycles. The van der Waals surface area contributed by atoms with E-state index in [2.05, 4.69) is 0 Å². The normalized spacial score (nSPS) is 10.6. The molecule has 0 unspecified atom stereocenters. The first-order valence-electron chi connectivity index (χ1n) is 8.61. The highest BCUT2D eigenvalue weighted by Gasteiger charge is 2.13. The number of hydrogen-bond acceptors (Lipinski definition) is 6. The number of nitro groups is 1. The molecule has 1 heterocycles. The van der Waals surface area contributed by atoms with E-state index >= 15 is 0 Å². The van der Waals surface area contributed by atoms with Crippen LogP contribution in [0.4, 0.5) is 5.69 Å². The molecule has 7 heteroatoms. The third-order valence-electron chi connectivity index (χ3n) is 4.28. The molecule has 0 atom stereocenters. The molecule has 3 aromatic carbocycles. The van der Waals surface area contributed by atoms with Crippen molar-refractivity contribution in [3.63, 3.8) is 0 Å². The maximum absolute atomic E-state index is 12.5. The quantitative estimate of drug-likeness (QED) is 0.220. The Kier molecular flexibility index (Phi) is 4.62. The Morgan fingerprint density at radius 3 is 2.34 bits per heavy atom. The molecule has 4 aromatic rings. The van der Waals surface area contributed by atoms with Crippen LogP contribution in [0.1, 0.15) is 10.4 Å². The maximum atomic E-state index is 12.5. The van der Waals surface area contributed by atoms with Crippen molar-refractivity contribution in [2.24, 2.45) is 0 Å². The van der Waals surface area contributed by atoms with E-state index in [1.807, 2.05) is 30.3 Å². The van der Waals surface area contributed by atoms with Crippen molar-refractivity contribution in [3.8, 4) is 17.1 Å². The van der Waals surface area contributed by atoms with Crippen molar-refractivity contribution in [1.29, 1.82) is 0 Å². The summed E-state index contributed by atoms with van der Waals surface area (Å²) in [4.78, 5) is 34.9. The molecule has 0 bridgehead atoms. The number of hydrogen-bond donors (Lipinski definition) is 0. The summed E-state index contributed by atoms with van der Waals surface area (Å²) < 4.78 is 11.1. The fourth-order valence-electron chi connectivity index (χ4n) is 2.83. The third-order valence-corrected chi connectivity index (χ3v) is 4.28. The molecule has 0 spiro atoms. The molecule has 0 saturated carbocycles. The summed E-state index contributed by atoms with van der Waals surface area (Å²) in [5.74, 6) is -0.0797. The molecule has 0 radical (unpaired) electrons. The lowest BCUT2D eigenvalue weighted by Gasteiger charge is -2.07. The lowest BCUT2D eigenvalue weighted by Crippen LogP contribution is -2.09. The van der Waals surface area contributed by atoms with Gasteiger partial charge in [0.2, 0.25) is 0 Å². The number of ether oxygens (including phenoxy) is 1. The Hall–Kier alpha value is -4.26. The van der Waals surface area contributed by atoms with Crippen LogP contribution in [-0.2, 0) is 0 Å². The molecule has 0 fully saturated rings. The first kappa shape index (κ1) is 18.1. The van der Waals surface area contributed by atoms with Gasteiger partial charge < -0.3 is 9.15 Å². The molecule has 0 N–H and O–H groups in total. The van der Waals surface area contributed by atoms with Crippen LogP contribution in [0.3, 0.4) is 0 Å². The Balaban J connectivity index is 1.62. The number of nitro benzene ring substituents is 1.